The standard InChI is InChI=1S/C20H32N4O2/c1-20(2,3)24-17(25)14-23-19(21-4)22-13-16-11-8-12-26-18(16)15-9-6-5-7-10-15/h5-7,9-10,16,18H,8,11-14H2,1-4H3,(H,24,25)(H2,21,22,23). The average Bonchev–Trinajstić information content (AvgIpc) is 2.61. The zero-order chi connectivity index (χ0) is 19.0. The molecule has 1 saturated heterocycles. The molecule has 2 unspecified atom stereocenters. The van der Waals surface area contributed by atoms with Crippen LogP contribution >= 0.6 is 0 Å². The van der Waals surface area contributed by atoms with Crippen molar-refractivity contribution in [2.24, 2.45) is 10.9 Å². The van der Waals surface area contributed by atoms with Crippen LogP contribution in [0.1, 0.15) is 45.3 Å². The largest absolute Gasteiger partial charge is 0.373 e. The van der Waals surface area contributed by atoms with Gasteiger partial charge >= 0.3 is 0 Å². The number of ether oxygens (including phenoxy) is 1. The van der Waals surface area contributed by atoms with Crippen molar-refractivity contribution >= 4 is 11.9 Å². The summed E-state index contributed by atoms with van der Waals surface area (Å²) in [6.45, 7) is 7.64. The zero-order valence-corrected chi connectivity index (χ0v) is 16.3. The Morgan fingerprint density at radius 2 is 1.96 bits per heavy atom. The number of guanidine groups is 1. The monoisotopic (exact) mass is 360 g/mol. The number of rotatable bonds is 5. The van der Waals surface area contributed by atoms with Gasteiger partial charge < -0.3 is 20.7 Å². The predicted octanol–water partition coefficient (Wildman–Crippen LogP) is 2.23. The minimum atomic E-state index is -0.238. The van der Waals surface area contributed by atoms with E-state index in [1.165, 1.54) is 5.56 Å². The first-order chi connectivity index (χ1) is 12.4. The van der Waals surface area contributed by atoms with Crippen molar-refractivity contribution in [3.05, 3.63) is 35.9 Å². The van der Waals surface area contributed by atoms with Crippen molar-refractivity contribution in [1.82, 2.24) is 16.0 Å². The number of carbonyl (C=O) groups excluding carboxylic acids is 1. The van der Waals surface area contributed by atoms with Gasteiger partial charge in [-0.05, 0) is 39.2 Å². The minimum Gasteiger partial charge on any atom is -0.373 e. The Kier molecular flexibility index (Phi) is 7.45. The molecule has 0 spiro atoms. The van der Waals surface area contributed by atoms with Gasteiger partial charge in [0, 0.05) is 31.7 Å². The lowest BCUT2D eigenvalue weighted by atomic mass is 9.89. The van der Waals surface area contributed by atoms with Crippen molar-refractivity contribution in [2.75, 3.05) is 26.7 Å². The summed E-state index contributed by atoms with van der Waals surface area (Å²) in [4.78, 5) is 16.2. The summed E-state index contributed by atoms with van der Waals surface area (Å²) in [6.07, 6.45) is 2.27. The molecule has 1 fully saturated rings. The van der Waals surface area contributed by atoms with Gasteiger partial charge in [0.25, 0.3) is 0 Å². The SMILES string of the molecule is CN=C(NCC(=O)NC(C)(C)C)NCC1CCCOC1c1ccccc1. The molecule has 0 saturated carbocycles. The summed E-state index contributed by atoms with van der Waals surface area (Å²) in [5.74, 6) is 0.947. The Bertz CT molecular complexity index is 596. The van der Waals surface area contributed by atoms with Gasteiger partial charge in [-0.25, -0.2) is 0 Å². The van der Waals surface area contributed by atoms with E-state index in [1.54, 1.807) is 7.05 Å². The summed E-state index contributed by atoms with van der Waals surface area (Å²) in [5, 5.41) is 9.34. The molecule has 2 atom stereocenters. The Morgan fingerprint density at radius 3 is 2.62 bits per heavy atom. The second-order valence-electron chi connectivity index (χ2n) is 7.71. The number of nitrogens with one attached hydrogen (secondary N) is 3. The van der Waals surface area contributed by atoms with Crippen LogP contribution < -0.4 is 16.0 Å². The first-order valence-corrected chi connectivity index (χ1v) is 9.31. The lowest BCUT2D eigenvalue weighted by Crippen LogP contribution is -2.49. The van der Waals surface area contributed by atoms with E-state index in [4.69, 9.17) is 4.74 Å². The van der Waals surface area contributed by atoms with E-state index in [0.717, 1.165) is 26.0 Å². The van der Waals surface area contributed by atoms with Crippen LogP contribution in [0.4, 0.5) is 0 Å². The molecule has 1 aromatic rings. The van der Waals surface area contributed by atoms with E-state index in [9.17, 15) is 4.79 Å². The molecule has 0 aromatic heterocycles. The smallest absolute Gasteiger partial charge is 0.239 e. The second-order valence-corrected chi connectivity index (χ2v) is 7.71. The Balaban J connectivity index is 1.85. The Labute approximate surface area is 156 Å². The van der Waals surface area contributed by atoms with Crippen LogP contribution in [-0.2, 0) is 9.53 Å². The third kappa shape index (κ3) is 6.67. The summed E-state index contributed by atoms with van der Waals surface area (Å²) in [5.41, 5.74) is 0.976. The highest BCUT2D eigenvalue weighted by molar-refractivity contribution is 5.86. The van der Waals surface area contributed by atoms with Crippen molar-refractivity contribution in [2.45, 2.75) is 45.3 Å². The lowest BCUT2D eigenvalue weighted by Gasteiger charge is -2.32. The van der Waals surface area contributed by atoms with Gasteiger partial charge in [0.1, 0.15) is 0 Å². The first kappa shape index (κ1) is 20.2. The van der Waals surface area contributed by atoms with E-state index in [1.807, 2.05) is 39.0 Å². The highest BCUT2D eigenvalue weighted by atomic mass is 16.5. The Morgan fingerprint density at radius 1 is 1.23 bits per heavy atom. The van der Waals surface area contributed by atoms with Crippen LogP contribution in [-0.4, -0.2) is 44.1 Å². The van der Waals surface area contributed by atoms with E-state index < -0.39 is 0 Å². The molecule has 1 aromatic carbocycles. The van der Waals surface area contributed by atoms with Gasteiger partial charge in [-0.15, -0.1) is 0 Å². The molecule has 1 heterocycles. The molecule has 1 aliphatic heterocycles. The van der Waals surface area contributed by atoms with Crippen LogP contribution in [0.15, 0.2) is 35.3 Å². The third-order valence-electron chi connectivity index (χ3n) is 4.26. The van der Waals surface area contributed by atoms with Gasteiger partial charge in [-0.2, -0.15) is 0 Å². The number of aliphatic imine (C=N–C) groups is 1. The normalized spacial score (nSPS) is 21.2. The van der Waals surface area contributed by atoms with Gasteiger partial charge in [-0.3, -0.25) is 9.79 Å². The molecule has 26 heavy (non-hydrogen) atoms. The highest BCUT2D eigenvalue weighted by Gasteiger charge is 2.27. The maximum absolute atomic E-state index is 11.9. The summed E-state index contributed by atoms with van der Waals surface area (Å²) in [7, 11) is 1.71. The fraction of sp³-hybridized carbons (Fsp3) is 0.600. The number of hydrogen-bond donors (Lipinski definition) is 3. The maximum atomic E-state index is 11.9. The molecule has 6 nitrogen and oxygen atoms in total. The van der Waals surface area contributed by atoms with Crippen LogP contribution in [0, 0.1) is 5.92 Å². The lowest BCUT2D eigenvalue weighted by molar-refractivity contribution is -0.121. The van der Waals surface area contributed by atoms with E-state index >= 15 is 0 Å². The molecule has 2 rings (SSSR count). The zero-order valence-electron chi connectivity index (χ0n) is 16.3. The third-order valence-corrected chi connectivity index (χ3v) is 4.26. The first-order valence-electron chi connectivity index (χ1n) is 9.31. The van der Waals surface area contributed by atoms with Crippen molar-refractivity contribution in [3.8, 4) is 0 Å². The number of amides is 1. The molecule has 1 amide bonds. The van der Waals surface area contributed by atoms with Crippen molar-refractivity contribution in [1.29, 1.82) is 0 Å². The van der Waals surface area contributed by atoms with E-state index in [0.29, 0.717) is 11.9 Å². The van der Waals surface area contributed by atoms with Gasteiger partial charge in [0.05, 0.1) is 12.6 Å². The molecule has 6 heteroatoms. The predicted molar refractivity (Wildman–Crippen MR) is 105 cm³/mol. The molecular weight excluding hydrogens is 328 g/mol. The fourth-order valence-corrected chi connectivity index (χ4v) is 3.14. The van der Waals surface area contributed by atoms with Crippen LogP contribution in [0.3, 0.4) is 0 Å². The summed E-state index contributed by atoms with van der Waals surface area (Å²) in [6, 6.07) is 10.4. The quantitative estimate of drug-likeness (QED) is 0.556. The van der Waals surface area contributed by atoms with Crippen LogP contribution in [0.2, 0.25) is 0 Å². The molecule has 0 bridgehead atoms. The second kappa shape index (κ2) is 9.57. The van der Waals surface area contributed by atoms with Crippen molar-refractivity contribution < 1.29 is 9.53 Å². The van der Waals surface area contributed by atoms with E-state index in [-0.39, 0.29) is 24.1 Å². The van der Waals surface area contributed by atoms with Crippen LogP contribution in [0.5, 0.6) is 0 Å². The summed E-state index contributed by atoms with van der Waals surface area (Å²) >= 11 is 0. The summed E-state index contributed by atoms with van der Waals surface area (Å²) < 4.78 is 6.03. The molecule has 144 valence electrons. The minimum absolute atomic E-state index is 0.0522. The highest BCUT2D eigenvalue weighted by Crippen LogP contribution is 2.32. The molecule has 1 aliphatic rings. The average molecular weight is 361 g/mol. The number of carbonyl (C=O) groups is 1. The number of benzene rings is 1. The van der Waals surface area contributed by atoms with E-state index in [2.05, 4.69) is 33.1 Å². The maximum Gasteiger partial charge on any atom is 0.239 e. The van der Waals surface area contributed by atoms with Gasteiger partial charge in [0.2, 0.25) is 5.91 Å². The molecular formula is C20H32N4O2. The molecule has 0 radical (unpaired) electrons. The fourth-order valence-electron chi connectivity index (χ4n) is 3.14. The Hall–Kier alpha value is -2.08. The van der Waals surface area contributed by atoms with Gasteiger partial charge in [0.15, 0.2) is 5.96 Å². The van der Waals surface area contributed by atoms with Crippen molar-refractivity contribution in [3.63, 3.8) is 0 Å². The van der Waals surface area contributed by atoms with Gasteiger partial charge in [-0.1, -0.05) is 30.3 Å². The number of nitrogens with zero attached hydrogens (tertiary/aromatic N) is 1. The molecule has 0 aliphatic carbocycles. The van der Waals surface area contributed by atoms with Crippen LogP contribution in [0.25, 0.3) is 0 Å². The topological polar surface area (TPSA) is 74.8 Å². The molecule has 3 N–H and O–H groups in total. The number of hydrogen-bond acceptors (Lipinski definition) is 3.